The molecule has 2 heteroatoms. The number of hydrogen-bond acceptors (Lipinski definition) is 2. The lowest BCUT2D eigenvalue weighted by atomic mass is 9.88. The van der Waals surface area contributed by atoms with Crippen molar-refractivity contribution in [2.45, 2.75) is 33.1 Å². The molecule has 0 spiro atoms. The molecule has 1 rings (SSSR count). The fourth-order valence-electron chi connectivity index (χ4n) is 2.22. The van der Waals surface area contributed by atoms with E-state index in [9.17, 15) is 0 Å². The molecule has 0 aliphatic carbocycles. The summed E-state index contributed by atoms with van der Waals surface area (Å²) in [4.78, 5) is 0. The molecule has 0 aliphatic rings. The second-order valence-corrected chi connectivity index (χ2v) is 4.81. The lowest BCUT2D eigenvalue weighted by molar-refractivity contribution is 0.525. The van der Waals surface area contributed by atoms with Crippen molar-refractivity contribution in [2.24, 2.45) is 5.92 Å². The minimum absolute atomic E-state index is 0.389. The van der Waals surface area contributed by atoms with Crippen LogP contribution in [0.5, 0.6) is 0 Å². The molecule has 0 heterocycles. The van der Waals surface area contributed by atoms with E-state index in [1.807, 2.05) is 12.1 Å². The topological polar surface area (TPSA) is 52.0 Å². The fourth-order valence-corrected chi connectivity index (χ4v) is 2.22. The van der Waals surface area contributed by atoms with Gasteiger partial charge in [0.1, 0.15) is 0 Å². The standard InChI is InChI=1S/C14H22N2/c1-5-11-6-7-12(15)13(14(11)16)10(4)8-9(2)3/h5-7,9-10H,1,8,15-16H2,2-4H3. The van der Waals surface area contributed by atoms with Gasteiger partial charge in [-0.2, -0.15) is 0 Å². The molecule has 0 saturated heterocycles. The average molecular weight is 218 g/mol. The molecule has 1 atom stereocenters. The highest BCUT2D eigenvalue weighted by molar-refractivity contribution is 5.74. The molecule has 88 valence electrons. The summed E-state index contributed by atoms with van der Waals surface area (Å²) in [6.07, 6.45) is 2.87. The summed E-state index contributed by atoms with van der Waals surface area (Å²) >= 11 is 0. The summed E-state index contributed by atoms with van der Waals surface area (Å²) in [7, 11) is 0. The van der Waals surface area contributed by atoms with Gasteiger partial charge < -0.3 is 11.5 Å². The highest BCUT2D eigenvalue weighted by Gasteiger charge is 2.15. The van der Waals surface area contributed by atoms with Gasteiger partial charge in [-0.1, -0.05) is 39.5 Å². The van der Waals surface area contributed by atoms with Gasteiger partial charge in [0.2, 0.25) is 0 Å². The Kier molecular flexibility index (Phi) is 3.99. The van der Waals surface area contributed by atoms with Crippen molar-refractivity contribution in [3.05, 3.63) is 29.8 Å². The summed E-state index contributed by atoms with van der Waals surface area (Å²) in [5, 5.41) is 0. The van der Waals surface area contributed by atoms with Crippen LogP contribution in [0.25, 0.3) is 6.08 Å². The van der Waals surface area contributed by atoms with E-state index in [0.29, 0.717) is 11.8 Å². The molecule has 1 unspecified atom stereocenters. The molecule has 2 nitrogen and oxygen atoms in total. The molecular formula is C14H22N2. The van der Waals surface area contributed by atoms with Crippen LogP contribution in [0.1, 0.15) is 44.2 Å². The second kappa shape index (κ2) is 5.06. The number of benzene rings is 1. The van der Waals surface area contributed by atoms with E-state index in [0.717, 1.165) is 28.9 Å². The number of nitrogen functional groups attached to an aromatic ring is 2. The number of hydrogen-bond donors (Lipinski definition) is 2. The number of nitrogens with two attached hydrogens (primary N) is 2. The molecular weight excluding hydrogens is 196 g/mol. The van der Waals surface area contributed by atoms with Gasteiger partial charge in [0.15, 0.2) is 0 Å². The third-order valence-electron chi connectivity index (χ3n) is 2.89. The maximum atomic E-state index is 6.12. The van der Waals surface area contributed by atoms with Crippen molar-refractivity contribution >= 4 is 17.5 Å². The number of rotatable bonds is 4. The Labute approximate surface area is 98.3 Å². The van der Waals surface area contributed by atoms with Crippen molar-refractivity contribution in [2.75, 3.05) is 11.5 Å². The van der Waals surface area contributed by atoms with Gasteiger partial charge in [-0.15, -0.1) is 0 Å². The maximum absolute atomic E-state index is 6.12. The van der Waals surface area contributed by atoms with Gasteiger partial charge in [-0.25, -0.2) is 0 Å². The van der Waals surface area contributed by atoms with Crippen LogP contribution in [0.2, 0.25) is 0 Å². The predicted octanol–water partition coefficient (Wildman–Crippen LogP) is 3.64. The van der Waals surface area contributed by atoms with Crippen LogP contribution in [0.4, 0.5) is 11.4 Å². The molecule has 16 heavy (non-hydrogen) atoms. The Morgan fingerprint density at radius 1 is 1.25 bits per heavy atom. The molecule has 0 saturated carbocycles. The van der Waals surface area contributed by atoms with Crippen LogP contribution in [0.3, 0.4) is 0 Å². The van der Waals surface area contributed by atoms with Crippen LogP contribution < -0.4 is 11.5 Å². The minimum atomic E-state index is 0.389. The molecule has 0 radical (unpaired) electrons. The third kappa shape index (κ3) is 2.57. The molecule has 4 N–H and O–H groups in total. The summed E-state index contributed by atoms with van der Waals surface area (Å²) < 4.78 is 0. The molecule has 1 aromatic rings. The molecule has 1 aromatic carbocycles. The first-order valence-electron chi connectivity index (χ1n) is 5.77. The smallest absolute Gasteiger partial charge is 0.0443 e. The van der Waals surface area contributed by atoms with Crippen molar-refractivity contribution in [3.63, 3.8) is 0 Å². The highest BCUT2D eigenvalue weighted by Crippen LogP contribution is 2.34. The minimum Gasteiger partial charge on any atom is -0.398 e. The zero-order valence-electron chi connectivity index (χ0n) is 10.5. The second-order valence-electron chi connectivity index (χ2n) is 4.81. The summed E-state index contributed by atoms with van der Waals surface area (Å²) in [5.41, 5.74) is 15.7. The van der Waals surface area contributed by atoms with Crippen LogP contribution in [-0.2, 0) is 0 Å². The van der Waals surface area contributed by atoms with E-state index >= 15 is 0 Å². The van der Waals surface area contributed by atoms with Gasteiger partial charge in [0.25, 0.3) is 0 Å². The van der Waals surface area contributed by atoms with Crippen LogP contribution in [0.15, 0.2) is 18.7 Å². The van der Waals surface area contributed by atoms with Crippen molar-refractivity contribution in [3.8, 4) is 0 Å². The summed E-state index contributed by atoms with van der Waals surface area (Å²) in [6.45, 7) is 10.4. The van der Waals surface area contributed by atoms with Gasteiger partial charge in [-0.05, 0) is 29.9 Å². The lowest BCUT2D eigenvalue weighted by Gasteiger charge is -2.20. The van der Waals surface area contributed by atoms with Crippen LogP contribution >= 0.6 is 0 Å². The molecule has 0 amide bonds. The summed E-state index contributed by atoms with van der Waals surface area (Å²) in [6, 6.07) is 3.84. The highest BCUT2D eigenvalue weighted by atomic mass is 14.6. The molecule has 0 fully saturated rings. The Morgan fingerprint density at radius 3 is 2.38 bits per heavy atom. The van der Waals surface area contributed by atoms with Gasteiger partial charge >= 0.3 is 0 Å². The van der Waals surface area contributed by atoms with E-state index in [1.165, 1.54) is 0 Å². The van der Waals surface area contributed by atoms with Gasteiger partial charge in [0.05, 0.1) is 0 Å². The van der Waals surface area contributed by atoms with E-state index in [4.69, 9.17) is 11.5 Å². The Bertz CT molecular complexity index is 381. The van der Waals surface area contributed by atoms with E-state index < -0.39 is 0 Å². The molecule has 0 aromatic heterocycles. The average Bonchev–Trinajstić information content (AvgIpc) is 2.16. The molecule has 0 aliphatic heterocycles. The number of anilines is 2. The largest absolute Gasteiger partial charge is 0.398 e. The monoisotopic (exact) mass is 218 g/mol. The van der Waals surface area contributed by atoms with Gasteiger partial charge in [0, 0.05) is 16.9 Å². The SMILES string of the molecule is C=Cc1ccc(N)c(C(C)CC(C)C)c1N. The van der Waals surface area contributed by atoms with Crippen molar-refractivity contribution in [1.82, 2.24) is 0 Å². The Balaban J connectivity index is 3.15. The van der Waals surface area contributed by atoms with Crippen molar-refractivity contribution in [1.29, 1.82) is 0 Å². The first-order chi connectivity index (χ1) is 7.47. The quantitative estimate of drug-likeness (QED) is 0.758. The van der Waals surface area contributed by atoms with Crippen LogP contribution in [-0.4, -0.2) is 0 Å². The normalized spacial score (nSPS) is 12.8. The maximum Gasteiger partial charge on any atom is 0.0443 e. The molecule has 0 bridgehead atoms. The fraction of sp³-hybridized carbons (Fsp3) is 0.429. The van der Waals surface area contributed by atoms with Crippen LogP contribution in [0, 0.1) is 5.92 Å². The first kappa shape index (κ1) is 12.6. The zero-order valence-corrected chi connectivity index (χ0v) is 10.5. The third-order valence-corrected chi connectivity index (χ3v) is 2.89. The van der Waals surface area contributed by atoms with Gasteiger partial charge in [-0.3, -0.25) is 0 Å². The predicted molar refractivity (Wildman–Crippen MR) is 73.2 cm³/mol. The van der Waals surface area contributed by atoms with E-state index in [2.05, 4.69) is 27.4 Å². The van der Waals surface area contributed by atoms with E-state index in [-0.39, 0.29) is 0 Å². The Hall–Kier alpha value is -1.44. The zero-order chi connectivity index (χ0) is 12.3. The lowest BCUT2D eigenvalue weighted by Crippen LogP contribution is -2.07. The van der Waals surface area contributed by atoms with E-state index in [1.54, 1.807) is 6.08 Å². The Morgan fingerprint density at radius 2 is 1.88 bits per heavy atom. The first-order valence-corrected chi connectivity index (χ1v) is 5.77. The summed E-state index contributed by atoms with van der Waals surface area (Å²) in [5.74, 6) is 1.03. The van der Waals surface area contributed by atoms with Crippen molar-refractivity contribution < 1.29 is 0 Å².